The Balaban J connectivity index is 2.56. The molecule has 2 N–H and O–H groups in total. The van der Waals surface area contributed by atoms with Gasteiger partial charge in [-0.1, -0.05) is 0 Å². The Kier molecular flexibility index (Phi) is 3.64. The summed E-state index contributed by atoms with van der Waals surface area (Å²) in [6.45, 7) is 0.560. The van der Waals surface area contributed by atoms with Crippen molar-refractivity contribution in [3.8, 4) is 0 Å². The van der Waals surface area contributed by atoms with Crippen molar-refractivity contribution in [3.05, 3.63) is 29.8 Å². The highest BCUT2D eigenvalue weighted by atomic mass is 19.1. The molecule has 72 valence electrons. The van der Waals surface area contributed by atoms with Crippen molar-refractivity contribution in [2.75, 3.05) is 18.5 Å². The molecule has 0 unspecified atom stereocenters. The van der Waals surface area contributed by atoms with Gasteiger partial charge in [0.15, 0.2) is 0 Å². The number of halogens is 2. The summed E-state index contributed by atoms with van der Waals surface area (Å²) in [6, 6.07) is 3.23. The molecule has 0 heterocycles. The van der Waals surface area contributed by atoms with Gasteiger partial charge in [-0.05, 0) is 18.6 Å². The fourth-order valence-corrected chi connectivity index (χ4v) is 0.968. The molecular formula is C9H11F2NO. The number of nitrogens with one attached hydrogen (secondary N) is 1. The molecule has 0 aliphatic rings. The molecule has 0 amide bonds. The molecule has 1 aromatic carbocycles. The predicted octanol–water partition coefficient (Wildman–Crippen LogP) is 1.76. The van der Waals surface area contributed by atoms with Crippen molar-refractivity contribution in [2.45, 2.75) is 6.42 Å². The van der Waals surface area contributed by atoms with E-state index < -0.39 is 11.6 Å². The van der Waals surface area contributed by atoms with Gasteiger partial charge in [0.1, 0.15) is 11.6 Å². The van der Waals surface area contributed by atoms with Gasteiger partial charge in [0.25, 0.3) is 0 Å². The lowest BCUT2D eigenvalue weighted by atomic mass is 10.3. The molecule has 0 aliphatic carbocycles. The Hall–Kier alpha value is -1.16. The van der Waals surface area contributed by atoms with E-state index in [1.165, 1.54) is 12.1 Å². The number of anilines is 1. The van der Waals surface area contributed by atoms with Crippen molar-refractivity contribution >= 4 is 5.69 Å². The monoisotopic (exact) mass is 187 g/mol. The molecule has 0 bridgehead atoms. The molecule has 0 aromatic heterocycles. The van der Waals surface area contributed by atoms with Crippen molar-refractivity contribution in [3.63, 3.8) is 0 Å². The van der Waals surface area contributed by atoms with Crippen LogP contribution in [0.3, 0.4) is 0 Å². The minimum Gasteiger partial charge on any atom is -0.396 e. The Morgan fingerprint density at radius 2 is 1.77 bits per heavy atom. The minimum absolute atomic E-state index is 0.0603. The molecule has 0 atom stereocenters. The van der Waals surface area contributed by atoms with Crippen molar-refractivity contribution in [2.24, 2.45) is 0 Å². The van der Waals surface area contributed by atoms with E-state index in [9.17, 15) is 8.78 Å². The van der Waals surface area contributed by atoms with Crippen LogP contribution in [0.2, 0.25) is 0 Å². The van der Waals surface area contributed by atoms with E-state index in [0.717, 1.165) is 6.07 Å². The van der Waals surface area contributed by atoms with Crippen molar-refractivity contribution in [1.29, 1.82) is 0 Å². The first-order valence-electron chi connectivity index (χ1n) is 4.03. The summed E-state index contributed by atoms with van der Waals surface area (Å²) in [5.74, 6) is -1.21. The second-order valence-electron chi connectivity index (χ2n) is 2.66. The number of rotatable bonds is 4. The highest BCUT2D eigenvalue weighted by molar-refractivity contribution is 5.43. The van der Waals surface area contributed by atoms with E-state index in [4.69, 9.17) is 5.11 Å². The van der Waals surface area contributed by atoms with Crippen LogP contribution in [0.4, 0.5) is 14.5 Å². The maximum Gasteiger partial charge on any atom is 0.128 e. The van der Waals surface area contributed by atoms with Gasteiger partial charge >= 0.3 is 0 Å². The van der Waals surface area contributed by atoms with E-state index in [1.807, 2.05) is 0 Å². The van der Waals surface area contributed by atoms with Crippen LogP contribution in [0, 0.1) is 11.6 Å². The maximum atomic E-state index is 12.6. The normalized spacial score (nSPS) is 10.1. The van der Waals surface area contributed by atoms with Crippen LogP contribution >= 0.6 is 0 Å². The molecule has 4 heteroatoms. The summed E-state index contributed by atoms with van der Waals surface area (Å²) in [6.07, 6.45) is 0.554. The molecule has 2 nitrogen and oxygen atoms in total. The highest BCUT2D eigenvalue weighted by Crippen LogP contribution is 2.12. The first-order chi connectivity index (χ1) is 6.22. The molecule has 1 aromatic rings. The largest absolute Gasteiger partial charge is 0.396 e. The van der Waals surface area contributed by atoms with Crippen LogP contribution in [-0.2, 0) is 0 Å². The van der Waals surface area contributed by atoms with E-state index in [0.29, 0.717) is 18.7 Å². The van der Waals surface area contributed by atoms with Gasteiger partial charge in [-0.2, -0.15) is 0 Å². The summed E-state index contributed by atoms with van der Waals surface area (Å²) in [4.78, 5) is 0. The molecular weight excluding hydrogens is 176 g/mol. The van der Waals surface area contributed by atoms with Gasteiger partial charge < -0.3 is 10.4 Å². The number of benzene rings is 1. The smallest absolute Gasteiger partial charge is 0.128 e. The van der Waals surface area contributed by atoms with Gasteiger partial charge in [0, 0.05) is 24.9 Å². The quantitative estimate of drug-likeness (QED) is 0.704. The van der Waals surface area contributed by atoms with Crippen molar-refractivity contribution < 1.29 is 13.9 Å². The number of hydrogen-bond donors (Lipinski definition) is 2. The second-order valence-corrected chi connectivity index (χ2v) is 2.66. The van der Waals surface area contributed by atoms with E-state index >= 15 is 0 Å². The van der Waals surface area contributed by atoms with E-state index in [2.05, 4.69) is 5.32 Å². The molecule has 0 aliphatic heterocycles. The number of hydrogen-bond acceptors (Lipinski definition) is 2. The van der Waals surface area contributed by atoms with Crippen LogP contribution in [0.25, 0.3) is 0 Å². The van der Waals surface area contributed by atoms with Crippen LogP contribution in [-0.4, -0.2) is 18.3 Å². The van der Waals surface area contributed by atoms with Crippen LogP contribution in [0.1, 0.15) is 6.42 Å². The molecule has 0 saturated heterocycles. The Labute approximate surface area is 75.2 Å². The van der Waals surface area contributed by atoms with Gasteiger partial charge in [-0.15, -0.1) is 0 Å². The Morgan fingerprint density at radius 1 is 1.15 bits per heavy atom. The third-order valence-electron chi connectivity index (χ3n) is 1.53. The number of aliphatic hydroxyl groups excluding tert-OH is 1. The fourth-order valence-electron chi connectivity index (χ4n) is 0.968. The molecule has 0 spiro atoms. The fraction of sp³-hybridized carbons (Fsp3) is 0.333. The predicted molar refractivity (Wildman–Crippen MR) is 46.6 cm³/mol. The third-order valence-corrected chi connectivity index (χ3v) is 1.53. The zero-order chi connectivity index (χ0) is 9.68. The third kappa shape index (κ3) is 3.38. The van der Waals surface area contributed by atoms with E-state index in [1.54, 1.807) is 0 Å². The highest BCUT2D eigenvalue weighted by Gasteiger charge is 1.98. The summed E-state index contributed by atoms with van der Waals surface area (Å²) < 4.78 is 25.2. The SMILES string of the molecule is OCCCNc1cc(F)cc(F)c1. The summed E-state index contributed by atoms with van der Waals surface area (Å²) >= 11 is 0. The Bertz CT molecular complexity index is 258. The van der Waals surface area contributed by atoms with E-state index in [-0.39, 0.29) is 6.61 Å². The second kappa shape index (κ2) is 4.77. The van der Waals surface area contributed by atoms with Gasteiger partial charge in [0.2, 0.25) is 0 Å². The molecule has 13 heavy (non-hydrogen) atoms. The average molecular weight is 187 g/mol. The average Bonchev–Trinajstić information content (AvgIpc) is 2.03. The summed E-state index contributed by atoms with van der Waals surface area (Å²) in [5, 5.41) is 11.3. The van der Waals surface area contributed by atoms with Gasteiger partial charge in [-0.3, -0.25) is 0 Å². The van der Waals surface area contributed by atoms with Gasteiger partial charge in [0.05, 0.1) is 0 Å². The topological polar surface area (TPSA) is 32.3 Å². The Morgan fingerprint density at radius 3 is 2.31 bits per heavy atom. The minimum atomic E-state index is -0.605. The first kappa shape index (κ1) is 9.92. The van der Waals surface area contributed by atoms with Gasteiger partial charge in [-0.25, -0.2) is 8.78 Å². The molecule has 0 radical (unpaired) electrons. The standard InChI is InChI=1S/C9H11F2NO/c10-7-4-8(11)6-9(5-7)12-2-1-3-13/h4-6,12-13H,1-3H2. The van der Waals surface area contributed by atoms with Crippen LogP contribution in [0.15, 0.2) is 18.2 Å². The first-order valence-corrected chi connectivity index (χ1v) is 4.03. The van der Waals surface area contributed by atoms with Crippen molar-refractivity contribution in [1.82, 2.24) is 0 Å². The maximum absolute atomic E-state index is 12.6. The number of aliphatic hydroxyl groups is 1. The lowest BCUT2D eigenvalue weighted by Crippen LogP contribution is -2.03. The lowest BCUT2D eigenvalue weighted by molar-refractivity contribution is 0.292. The zero-order valence-electron chi connectivity index (χ0n) is 7.06. The molecule has 0 fully saturated rings. The molecule has 0 saturated carbocycles. The lowest BCUT2D eigenvalue weighted by Gasteiger charge is -2.04. The summed E-state index contributed by atoms with van der Waals surface area (Å²) in [7, 11) is 0. The summed E-state index contributed by atoms with van der Waals surface area (Å²) in [5.41, 5.74) is 0.394. The molecule has 1 rings (SSSR count). The van der Waals surface area contributed by atoms with Crippen LogP contribution < -0.4 is 5.32 Å². The van der Waals surface area contributed by atoms with Crippen LogP contribution in [0.5, 0.6) is 0 Å². The zero-order valence-corrected chi connectivity index (χ0v) is 7.06.